The predicted molar refractivity (Wildman–Crippen MR) is 90.5 cm³/mol. The topological polar surface area (TPSA) is 29.5 Å². The zero-order valence-corrected chi connectivity index (χ0v) is 13.5. The number of ether oxygens (including phenoxy) is 1. The number of likely N-dealkylation sites (N-methyl/N-ethyl adjacent to an activating group) is 1. The molecule has 0 spiro atoms. The minimum Gasteiger partial charge on any atom is -0.484 e. The molecular weight excluding hydrogens is 274 g/mol. The molecule has 0 bridgehead atoms. The SMILES string of the molecule is CCN(C(=O)COc1cccc(C(C)C)c1)c1ccccc1. The highest BCUT2D eigenvalue weighted by Crippen LogP contribution is 2.20. The van der Waals surface area contributed by atoms with Crippen molar-refractivity contribution in [2.45, 2.75) is 26.7 Å². The molecular formula is C19H23NO2. The van der Waals surface area contributed by atoms with Gasteiger partial charge in [-0.15, -0.1) is 0 Å². The third kappa shape index (κ3) is 4.10. The van der Waals surface area contributed by atoms with E-state index in [1.165, 1.54) is 5.56 Å². The van der Waals surface area contributed by atoms with Crippen LogP contribution in [0.4, 0.5) is 5.69 Å². The lowest BCUT2D eigenvalue weighted by Gasteiger charge is -2.21. The second-order valence-corrected chi connectivity index (χ2v) is 5.49. The third-order valence-electron chi connectivity index (χ3n) is 3.57. The van der Waals surface area contributed by atoms with Crippen LogP contribution in [0.2, 0.25) is 0 Å². The molecule has 2 rings (SSSR count). The minimum atomic E-state index is -0.0383. The molecule has 2 aromatic rings. The smallest absolute Gasteiger partial charge is 0.264 e. The molecule has 116 valence electrons. The van der Waals surface area contributed by atoms with Crippen molar-refractivity contribution in [1.29, 1.82) is 0 Å². The molecule has 0 saturated heterocycles. The first-order valence-corrected chi connectivity index (χ1v) is 7.70. The number of carbonyl (C=O) groups excluding carboxylic acids is 1. The van der Waals surface area contributed by atoms with Crippen molar-refractivity contribution in [3.05, 3.63) is 60.2 Å². The summed E-state index contributed by atoms with van der Waals surface area (Å²) in [6.07, 6.45) is 0. The maximum atomic E-state index is 12.4. The Hall–Kier alpha value is -2.29. The van der Waals surface area contributed by atoms with E-state index in [-0.39, 0.29) is 12.5 Å². The molecule has 22 heavy (non-hydrogen) atoms. The molecule has 0 radical (unpaired) electrons. The summed E-state index contributed by atoms with van der Waals surface area (Å²) in [5.41, 5.74) is 2.11. The zero-order valence-electron chi connectivity index (χ0n) is 13.5. The highest BCUT2D eigenvalue weighted by molar-refractivity contribution is 5.94. The highest BCUT2D eigenvalue weighted by atomic mass is 16.5. The number of nitrogens with zero attached hydrogens (tertiary/aromatic N) is 1. The molecule has 0 saturated carbocycles. The van der Waals surface area contributed by atoms with Gasteiger partial charge in [-0.3, -0.25) is 4.79 Å². The van der Waals surface area contributed by atoms with Crippen LogP contribution < -0.4 is 9.64 Å². The van der Waals surface area contributed by atoms with Gasteiger partial charge in [-0.05, 0) is 42.7 Å². The number of amides is 1. The first-order valence-electron chi connectivity index (χ1n) is 7.70. The van der Waals surface area contributed by atoms with Crippen molar-refractivity contribution in [2.24, 2.45) is 0 Å². The van der Waals surface area contributed by atoms with Crippen LogP contribution in [-0.2, 0) is 4.79 Å². The fraction of sp³-hybridized carbons (Fsp3) is 0.316. The number of rotatable bonds is 6. The van der Waals surface area contributed by atoms with Crippen LogP contribution in [0.5, 0.6) is 5.75 Å². The van der Waals surface area contributed by atoms with Gasteiger partial charge < -0.3 is 9.64 Å². The molecule has 0 aliphatic carbocycles. The largest absolute Gasteiger partial charge is 0.484 e. The third-order valence-corrected chi connectivity index (χ3v) is 3.57. The molecule has 0 heterocycles. The van der Waals surface area contributed by atoms with Gasteiger partial charge in [0.2, 0.25) is 0 Å². The molecule has 0 aromatic heterocycles. The second kappa shape index (κ2) is 7.64. The maximum absolute atomic E-state index is 12.4. The lowest BCUT2D eigenvalue weighted by atomic mass is 10.0. The number of hydrogen-bond donors (Lipinski definition) is 0. The van der Waals surface area contributed by atoms with Gasteiger partial charge in [0, 0.05) is 12.2 Å². The van der Waals surface area contributed by atoms with E-state index in [0.29, 0.717) is 12.5 Å². The Morgan fingerprint density at radius 1 is 1.09 bits per heavy atom. The Morgan fingerprint density at radius 2 is 1.82 bits per heavy atom. The standard InChI is InChI=1S/C19H23NO2/c1-4-20(17-10-6-5-7-11-17)19(21)14-22-18-12-8-9-16(13-18)15(2)3/h5-13,15H,4,14H2,1-3H3. The van der Waals surface area contributed by atoms with Crippen LogP contribution in [0, 0.1) is 0 Å². The summed E-state index contributed by atoms with van der Waals surface area (Å²) in [4.78, 5) is 14.1. The van der Waals surface area contributed by atoms with Crippen LogP contribution in [0.25, 0.3) is 0 Å². The number of para-hydroxylation sites is 1. The lowest BCUT2D eigenvalue weighted by Crippen LogP contribution is -2.34. The van der Waals surface area contributed by atoms with Gasteiger partial charge in [-0.25, -0.2) is 0 Å². The van der Waals surface area contributed by atoms with Gasteiger partial charge >= 0.3 is 0 Å². The van der Waals surface area contributed by atoms with Gasteiger partial charge in [0.15, 0.2) is 6.61 Å². The summed E-state index contributed by atoms with van der Waals surface area (Å²) >= 11 is 0. The average molecular weight is 297 g/mol. The second-order valence-electron chi connectivity index (χ2n) is 5.49. The van der Waals surface area contributed by atoms with Crippen molar-refractivity contribution in [1.82, 2.24) is 0 Å². The van der Waals surface area contributed by atoms with Crippen molar-refractivity contribution in [3.8, 4) is 5.75 Å². The van der Waals surface area contributed by atoms with Crippen molar-refractivity contribution < 1.29 is 9.53 Å². The van der Waals surface area contributed by atoms with E-state index < -0.39 is 0 Å². The van der Waals surface area contributed by atoms with E-state index in [9.17, 15) is 4.79 Å². The van der Waals surface area contributed by atoms with Gasteiger partial charge in [0.25, 0.3) is 5.91 Å². The summed E-state index contributed by atoms with van der Waals surface area (Å²) in [6.45, 7) is 6.91. The van der Waals surface area contributed by atoms with Gasteiger partial charge in [-0.2, -0.15) is 0 Å². The molecule has 3 heteroatoms. The maximum Gasteiger partial charge on any atom is 0.264 e. The average Bonchev–Trinajstić information content (AvgIpc) is 2.55. The van der Waals surface area contributed by atoms with Crippen LogP contribution in [-0.4, -0.2) is 19.1 Å². The first-order chi connectivity index (χ1) is 10.6. The molecule has 2 aromatic carbocycles. The highest BCUT2D eigenvalue weighted by Gasteiger charge is 2.14. The lowest BCUT2D eigenvalue weighted by molar-refractivity contribution is -0.120. The van der Waals surface area contributed by atoms with E-state index in [4.69, 9.17) is 4.74 Å². The van der Waals surface area contributed by atoms with Gasteiger partial charge in [0.05, 0.1) is 0 Å². The first kappa shape index (κ1) is 16.1. The summed E-state index contributed by atoms with van der Waals surface area (Å²) in [6, 6.07) is 17.6. The van der Waals surface area contributed by atoms with E-state index >= 15 is 0 Å². The molecule has 0 aliphatic rings. The molecule has 1 amide bonds. The van der Waals surface area contributed by atoms with Crippen molar-refractivity contribution in [3.63, 3.8) is 0 Å². The monoisotopic (exact) mass is 297 g/mol. The summed E-state index contributed by atoms with van der Waals surface area (Å²) in [7, 11) is 0. The summed E-state index contributed by atoms with van der Waals surface area (Å²) in [5.74, 6) is 1.14. The number of benzene rings is 2. The van der Waals surface area contributed by atoms with E-state index in [0.717, 1.165) is 11.4 Å². The summed E-state index contributed by atoms with van der Waals surface area (Å²) < 4.78 is 5.67. The Bertz CT molecular complexity index is 608. The Kier molecular flexibility index (Phi) is 5.59. The van der Waals surface area contributed by atoms with E-state index in [2.05, 4.69) is 19.9 Å². The number of carbonyl (C=O) groups is 1. The molecule has 0 unspecified atom stereocenters. The van der Waals surface area contributed by atoms with E-state index in [1.807, 2.05) is 55.5 Å². The quantitative estimate of drug-likeness (QED) is 0.798. The van der Waals surface area contributed by atoms with Gasteiger partial charge in [-0.1, -0.05) is 44.2 Å². The van der Waals surface area contributed by atoms with Crippen LogP contribution in [0.1, 0.15) is 32.3 Å². The molecule has 3 nitrogen and oxygen atoms in total. The Labute approximate surface area is 132 Å². The molecule has 0 aliphatic heterocycles. The molecule has 0 atom stereocenters. The summed E-state index contributed by atoms with van der Waals surface area (Å²) in [5, 5.41) is 0. The van der Waals surface area contributed by atoms with Crippen LogP contribution in [0.15, 0.2) is 54.6 Å². The Morgan fingerprint density at radius 3 is 2.45 bits per heavy atom. The van der Waals surface area contributed by atoms with Crippen molar-refractivity contribution in [2.75, 3.05) is 18.1 Å². The zero-order chi connectivity index (χ0) is 15.9. The fourth-order valence-corrected chi connectivity index (χ4v) is 2.30. The number of anilines is 1. The fourth-order valence-electron chi connectivity index (χ4n) is 2.30. The molecule has 0 N–H and O–H groups in total. The Balaban J connectivity index is 2.01. The normalized spacial score (nSPS) is 10.5. The van der Waals surface area contributed by atoms with E-state index in [1.54, 1.807) is 4.90 Å². The van der Waals surface area contributed by atoms with Crippen molar-refractivity contribution >= 4 is 11.6 Å². The van der Waals surface area contributed by atoms with Crippen LogP contribution in [0.3, 0.4) is 0 Å². The van der Waals surface area contributed by atoms with Gasteiger partial charge in [0.1, 0.15) is 5.75 Å². The molecule has 0 fully saturated rings. The number of hydrogen-bond acceptors (Lipinski definition) is 2. The minimum absolute atomic E-state index is 0.0383. The predicted octanol–water partition coefficient (Wildman–Crippen LogP) is 4.24. The van der Waals surface area contributed by atoms with Crippen LogP contribution >= 0.6 is 0 Å².